The fourth-order valence-electron chi connectivity index (χ4n) is 1.88. The number of hydrogen-bond donors (Lipinski definition) is 1. The van der Waals surface area contributed by atoms with Gasteiger partial charge in [-0.2, -0.15) is 0 Å². The number of likely N-dealkylation sites (N-methyl/N-ethyl adjacent to an activating group) is 1. The highest BCUT2D eigenvalue weighted by molar-refractivity contribution is 5.82. The van der Waals surface area contributed by atoms with Crippen molar-refractivity contribution in [2.75, 3.05) is 20.7 Å². The minimum atomic E-state index is -0.164. The molecular formula is C11H22N2O2. The van der Waals surface area contributed by atoms with Crippen LogP contribution >= 0.6 is 0 Å². The smallest absolute Gasteiger partial charge is 0.237 e. The molecule has 1 aliphatic rings. The van der Waals surface area contributed by atoms with Gasteiger partial charge in [0.1, 0.15) is 0 Å². The van der Waals surface area contributed by atoms with Gasteiger partial charge >= 0.3 is 0 Å². The molecule has 1 saturated heterocycles. The van der Waals surface area contributed by atoms with Gasteiger partial charge in [0, 0.05) is 19.2 Å². The second-order valence-corrected chi connectivity index (χ2v) is 5.29. The summed E-state index contributed by atoms with van der Waals surface area (Å²) in [5.41, 5.74) is -0.164. The van der Waals surface area contributed by atoms with Crippen LogP contribution in [0.3, 0.4) is 0 Å². The quantitative estimate of drug-likeness (QED) is 0.732. The van der Waals surface area contributed by atoms with Gasteiger partial charge in [-0.1, -0.05) is 0 Å². The molecule has 0 saturated carbocycles. The van der Waals surface area contributed by atoms with E-state index in [4.69, 9.17) is 4.74 Å². The van der Waals surface area contributed by atoms with E-state index in [0.717, 1.165) is 13.0 Å². The van der Waals surface area contributed by atoms with E-state index in [1.807, 2.05) is 27.8 Å². The van der Waals surface area contributed by atoms with E-state index in [2.05, 4.69) is 10.2 Å². The highest BCUT2D eigenvalue weighted by Gasteiger charge is 2.35. The molecule has 0 aromatic heterocycles. The summed E-state index contributed by atoms with van der Waals surface area (Å²) in [6.45, 7) is 6.81. The monoisotopic (exact) mass is 214 g/mol. The first kappa shape index (κ1) is 12.5. The molecule has 0 bridgehead atoms. The molecule has 88 valence electrons. The number of likely N-dealkylation sites (tertiary alicyclic amines) is 1. The van der Waals surface area contributed by atoms with Crippen LogP contribution in [0.2, 0.25) is 0 Å². The standard InChI is InChI=1S/C11H22N2O2/c1-11(2,3)12-10(14)9-6-8(15-5)7-13(9)4/h8-9H,6-7H2,1-5H3,(H,12,14)/t8-,9-/m0/s1. The SMILES string of the molecule is CO[C@H]1C[C@@H](C(=O)NC(C)(C)C)N(C)C1. The van der Waals surface area contributed by atoms with Crippen LogP contribution < -0.4 is 5.32 Å². The van der Waals surface area contributed by atoms with E-state index in [0.29, 0.717) is 0 Å². The maximum Gasteiger partial charge on any atom is 0.237 e. The van der Waals surface area contributed by atoms with Crippen LogP contribution in [0.5, 0.6) is 0 Å². The van der Waals surface area contributed by atoms with Gasteiger partial charge in [-0.15, -0.1) is 0 Å². The first-order chi connectivity index (χ1) is 6.83. The maximum atomic E-state index is 11.9. The van der Waals surface area contributed by atoms with Gasteiger partial charge in [0.25, 0.3) is 0 Å². The molecule has 1 rings (SSSR count). The second kappa shape index (κ2) is 4.49. The van der Waals surface area contributed by atoms with Crippen LogP contribution in [-0.2, 0) is 9.53 Å². The van der Waals surface area contributed by atoms with Crippen LogP contribution in [0.25, 0.3) is 0 Å². The van der Waals surface area contributed by atoms with Crippen molar-refractivity contribution in [1.29, 1.82) is 0 Å². The molecule has 1 heterocycles. The van der Waals surface area contributed by atoms with Crippen molar-refractivity contribution >= 4 is 5.91 Å². The normalized spacial score (nSPS) is 28.1. The minimum Gasteiger partial charge on any atom is -0.380 e. The van der Waals surface area contributed by atoms with Crippen LogP contribution in [0.1, 0.15) is 27.2 Å². The Balaban J connectivity index is 2.54. The molecule has 1 amide bonds. The molecule has 2 atom stereocenters. The molecule has 0 aromatic rings. The Morgan fingerprint density at radius 1 is 1.47 bits per heavy atom. The van der Waals surface area contributed by atoms with Gasteiger partial charge in [-0.25, -0.2) is 0 Å². The highest BCUT2D eigenvalue weighted by atomic mass is 16.5. The van der Waals surface area contributed by atoms with E-state index < -0.39 is 0 Å². The number of rotatable bonds is 2. The number of amides is 1. The molecule has 0 spiro atoms. The zero-order chi connectivity index (χ0) is 11.6. The lowest BCUT2D eigenvalue weighted by molar-refractivity contribution is -0.126. The predicted molar refractivity (Wildman–Crippen MR) is 59.7 cm³/mol. The third kappa shape index (κ3) is 3.47. The Labute approximate surface area is 92.0 Å². The van der Waals surface area contributed by atoms with Crippen LogP contribution in [0.4, 0.5) is 0 Å². The molecule has 1 fully saturated rings. The fraction of sp³-hybridized carbons (Fsp3) is 0.909. The molecule has 0 aliphatic carbocycles. The van der Waals surface area contributed by atoms with Gasteiger partial charge in [-0.05, 0) is 34.2 Å². The predicted octanol–water partition coefficient (Wildman–Crippen LogP) is 0.620. The first-order valence-corrected chi connectivity index (χ1v) is 5.38. The molecular weight excluding hydrogens is 192 g/mol. The van der Waals surface area contributed by atoms with Crippen molar-refractivity contribution in [3.05, 3.63) is 0 Å². The van der Waals surface area contributed by atoms with Gasteiger partial charge in [-0.3, -0.25) is 9.69 Å². The van der Waals surface area contributed by atoms with Crippen molar-refractivity contribution in [2.45, 2.75) is 44.9 Å². The number of nitrogens with one attached hydrogen (secondary N) is 1. The third-order valence-electron chi connectivity index (χ3n) is 2.64. The molecule has 4 nitrogen and oxygen atoms in total. The summed E-state index contributed by atoms with van der Waals surface area (Å²) in [7, 11) is 3.66. The number of carbonyl (C=O) groups is 1. The molecule has 0 unspecified atom stereocenters. The zero-order valence-corrected chi connectivity index (χ0v) is 10.3. The number of nitrogens with zero attached hydrogens (tertiary/aromatic N) is 1. The highest BCUT2D eigenvalue weighted by Crippen LogP contribution is 2.18. The zero-order valence-electron chi connectivity index (χ0n) is 10.3. The van der Waals surface area contributed by atoms with Crippen molar-refractivity contribution in [2.24, 2.45) is 0 Å². The summed E-state index contributed by atoms with van der Waals surface area (Å²) in [6.07, 6.45) is 0.972. The lowest BCUT2D eigenvalue weighted by atomic mass is 10.1. The average molecular weight is 214 g/mol. The molecule has 0 radical (unpaired) electrons. The lowest BCUT2D eigenvalue weighted by Gasteiger charge is -2.25. The average Bonchev–Trinajstić information content (AvgIpc) is 2.43. The van der Waals surface area contributed by atoms with E-state index in [1.165, 1.54) is 0 Å². The van der Waals surface area contributed by atoms with Gasteiger partial charge < -0.3 is 10.1 Å². The lowest BCUT2D eigenvalue weighted by Crippen LogP contribution is -2.49. The van der Waals surface area contributed by atoms with Crippen LogP contribution in [0, 0.1) is 0 Å². The Kier molecular flexibility index (Phi) is 3.73. The summed E-state index contributed by atoms with van der Waals surface area (Å²) in [5.74, 6) is 0.101. The van der Waals surface area contributed by atoms with E-state index in [1.54, 1.807) is 7.11 Å². The van der Waals surface area contributed by atoms with E-state index in [-0.39, 0.29) is 23.6 Å². The Morgan fingerprint density at radius 3 is 2.47 bits per heavy atom. The Bertz CT molecular complexity index is 235. The molecule has 15 heavy (non-hydrogen) atoms. The van der Waals surface area contributed by atoms with Gasteiger partial charge in [0.15, 0.2) is 0 Å². The summed E-state index contributed by atoms with van der Waals surface area (Å²) >= 11 is 0. The van der Waals surface area contributed by atoms with Gasteiger partial charge in [0.2, 0.25) is 5.91 Å². The topological polar surface area (TPSA) is 41.6 Å². The molecule has 0 aromatic carbocycles. The minimum absolute atomic E-state index is 0.0471. The van der Waals surface area contributed by atoms with E-state index in [9.17, 15) is 4.79 Å². The number of methoxy groups -OCH3 is 1. The third-order valence-corrected chi connectivity index (χ3v) is 2.64. The van der Waals surface area contributed by atoms with Crippen molar-refractivity contribution in [3.63, 3.8) is 0 Å². The largest absolute Gasteiger partial charge is 0.380 e. The Morgan fingerprint density at radius 2 is 2.07 bits per heavy atom. The molecule has 1 aliphatic heterocycles. The number of ether oxygens (including phenoxy) is 1. The van der Waals surface area contributed by atoms with Crippen molar-refractivity contribution in [1.82, 2.24) is 10.2 Å². The molecule has 4 heteroatoms. The summed E-state index contributed by atoms with van der Waals surface area (Å²) < 4.78 is 5.27. The number of hydrogen-bond acceptors (Lipinski definition) is 3. The Hall–Kier alpha value is -0.610. The molecule has 1 N–H and O–H groups in total. The van der Waals surface area contributed by atoms with Crippen molar-refractivity contribution in [3.8, 4) is 0 Å². The van der Waals surface area contributed by atoms with Crippen LogP contribution in [-0.4, -0.2) is 49.2 Å². The van der Waals surface area contributed by atoms with E-state index >= 15 is 0 Å². The summed E-state index contributed by atoms with van der Waals surface area (Å²) in [4.78, 5) is 14.0. The summed E-state index contributed by atoms with van der Waals surface area (Å²) in [5, 5.41) is 3.00. The van der Waals surface area contributed by atoms with Crippen LogP contribution in [0.15, 0.2) is 0 Å². The first-order valence-electron chi connectivity index (χ1n) is 5.38. The van der Waals surface area contributed by atoms with Gasteiger partial charge in [0.05, 0.1) is 12.1 Å². The number of carbonyl (C=O) groups excluding carboxylic acids is 1. The fourth-order valence-corrected chi connectivity index (χ4v) is 1.88. The summed E-state index contributed by atoms with van der Waals surface area (Å²) in [6, 6.07) is -0.0471. The van der Waals surface area contributed by atoms with Crippen molar-refractivity contribution < 1.29 is 9.53 Å². The second-order valence-electron chi connectivity index (χ2n) is 5.29. The maximum absolute atomic E-state index is 11.9.